The fraction of sp³-hybridized carbons (Fsp3) is 0.118. The number of aromatic nitrogens is 1. The molecule has 0 unspecified atom stereocenters. The molecule has 0 fully saturated rings. The number of aryl methyl sites for hydroxylation is 1. The Labute approximate surface area is 146 Å². The van der Waals surface area contributed by atoms with Crippen LogP contribution < -0.4 is 5.76 Å². The summed E-state index contributed by atoms with van der Waals surface area (Å²) in [6, 6.07) is 5.05. The Kier molecular flexibility index (Phi) is 4.27. The summed E-state index contributed by atoms with van der Waals surface area (Å²) in [5.74, 6) is -3.79. The Balaban J connectivity index is 2.26. The van der Waals surface area contributed by atoms with E-state index in [1.54, 1.807) is 0 Å². The third-order valence-corrected chi connectivity index (χ3v) is 4.92. The van der Waals surface area contributed by atoms with Gasteiger partial charge in [0, 0.05) is 11.8 Å². The first-order chi connectivity index (χ1) is 12.1. The van der Waals surface area contributed by atoms with Crippen molar-refractivity contribution in [3.05, 3.63) is 70.2 Å². The van der Waals surface area contributed by atoms with Gasteiger partial charge in [0.2, 0.25) is 0 Å². The summed E-state index contributed by atoms with van der Waals surface area (Å²) in [6.45, 7) is 1.52. The van der Waals surface area contributed by atoms with Crippen LogP contribution in [-0.2, 0) is 9.84 Å². The summed E-state index contributed by atoms with van der Waals surface area (Å²) in [5, 5.41) is 0. The van der Waals surface area contributed by atoms with Crippen molar-refractivity contribution in [1.82, 2.24) is 4.57 Å². The Morgan fingerprint density at radius 3 is 2.31 bits per heavy atom. The van der Waals surface area contributed by atoms with Crippen molar-refractivity contribution in [3.8, 4) is 16.9 Å². The van der Waals surface area contributed by atoms with Crippen LogP contribution >= 0.6 is 0 Å². The van der Waals surface area contributed by atoms with Crippen molar-refractivity contribution >= 4 is 9.84 Å². The first-order valence-corrected chi connectivity index (χ1v) is 9.15. The smallest absolute Gasteiger partial charge is 0.415 e. The Bertz CT molecular complexity index is 1180. The summed E-state index contributed by atoms with van der Waals surface area (Å²) in [6.07, 6.45) is 1.63. The predicted octanol–water partition coefficient (Wildman–Crippen LogP) is 3.23. The quantitative estimate of drug-likeness (QED) is 0.696. The first kappa shape index (κ1) is 18.0. The highest BCUT2D eigenvalue weighted by molar-refractivity contribution is 7.90. The van der Waals surface area contributed by atoms with Gasteiger partial charge in [-0.1, -0.05) is 6.07 Å². The molecule has 26 heavy (non-hydrogen) atoms. The minimum absolute atomic E-state index is 0.0499. The summed E-state index contributed by atoms with van der Waals surface area (Å²) >= 11 is 0. The number of oxazole rings is 1. The van der Waals surface area contributed by atoms with Crippen LogP contribution in [0.5, 0.6) is 0 Å². The second-order valence-electron chi connectivity index (χ2n) is 5.69. The molecule has 1 heterocycles. The highest BCUT2D eigenvalue weighted by Crippen LogP contribution is 2.29. The van der Waals surface area contributed by atoms with Crippen LogP contribution in [-0.4, -0.2) is 19.2 Å². The molecule has 0 amide bonds. The third-order valence-electron chi connectivity index (χ3n) is 3.81. The Hall–Kier alpha value is -2.81. The van der Waals surface area contributed by atoms with E-state index in [2.05, 4.69) is 0 Å². The molecule has 0 saturated heterocycles. The lowest BCUT2D eigenvalue weighted by atomic mass is 10.1. The van der Waals surface area contributed by atoms with Crippen LogP contribution in [0.1, 0.15) is 5.56 Å². The van der Waals surface area contributed by atoms with Gasteiger partial charge in [0.15, 0.2) is 9.84 Å². The second-order valence-corrected chi connectivity index (χ2v) is 7.67. The van der Waals surface area contributed by atoms with E-state index in [9.17, 15) is 26.4 Å². The lowest BCUT2D eigenvalue weighted by molar-refractivity contribution is 0.503. The van der Waals surface area contributed by atoms with Gasteiger partial charge >= 0.3 is 5.76 Å². The molecule has 1 aromatic heterocycles. The topological polar surface area (TPSA) is 69.3 Å². The molecule has 0 N–H and O–H groups in total. The molecule has 0 saturated carbocycles. The highest BCUT2D eigenvalue weighted by atomic mass is 32.2. The number of nitrogens with zero attached hydrogens (tertiary/aromatic N) is 1. The van der Waals surface area contributed by atoms with Crippen molar-refractivity contribution in [1.29, 1.82) is 0 Å². The molecular formula is C17H12F3NO4S. The summed E-state index contributed by atoms with van der Waals surface area (Å²) in [5.41, 5.74) is -0.202. The number of hydrogen-bond donors (Lipinski definition) is 0. The Morgan fingerprint density at radius 2 is 1.69 bits per heavy atom. The number of hydrogen-bond acceptors (Lipinski definition) is 4. The van der Waals surface area contributed by atoms with Gasteiger partial charge < -0.3 is 4.42 Å². The highest BCUT2D eigenvalue weighted by Gasteiger charge is 2.22. The first-order valence-electron chi connectivity index (χ1n) is 7.26. The molecule has 0 aliphatic carbocycles. The van der Waals surface area contributed by atoms with Crippen molar-refractivity contribution in [2.75, 3.05) is 6.26 Å². The molecular weight excluding hydrogens is 371 g/mol. The van der Waals surface area contributed by atoms with Gasteiger partial charge in [-0.3, -0.25) is 0 Å². The fourth-order valence-corrected chi connectivity index (χ4v) is 3.20. The average Bonchev–Trinajstić information content (AvgIpc) is 2.92. The molecule has 9 heteroatoms. The number of benzene rings is 2. The van der Waals surface area contributed by atoms with E-state index >= 15 is 0 Å². The fourth-order valence-electron chi connectivity index (χ4n) is 2.47. The SMILES string of the molecule is Cc1ccc(-n2c(-c3cc(F)c(S(C)(=O)=O)cc3F)coc2=O)cc1F. The number of halogens is 3. The molecule has 0 aliphatic heterocycles. The molecule has 0 atom stereocenters. The van der Waals surface area contributed by atoms with E-state index in [4.69, 9.17) is 4.42 Å². The van der Waals surface area contributed by atoms with Crippen LogP contribution in [0, 0.1) is 24.4 Å². The monoisotopic (exact) mass is 383 g/mol. The molecule has 3 aromatic rings. The maximum absolute atomic E-state index is 14.4. The predicted molar refractivity (Wildman–Crippen MR) is 87.5 cm³/mol. The van der Waals surface area contributed by atoms with Crippen LogP contribution in [0.25, 0.3) is 16.9 Å². The van der Waals surface area contributed by atoms with Gasteiger partial charge in [0.25, 0.3) is 0 Å². The van der Waals surface area contributed by atoms with Gasteiger partial charge in [-0.05, 0) is 36.8 Å². The summed E-state index contributed by atoms with van der Waals surface area (Å²) in [7, 11) is -3.98. The maximum Gasteiger partial charge on any atom is 0.424 e. The molecule has 0 bridgehead atoms. The minimum atomic E-state index is -3.98. The molecule has 3 rings (SSSR count). The lowest BCUT2D eigenvalue weighted by Crippen LogP contribution is -2.14. The molecule has 0 spiro atoms. The van der Waals surface area contributed by atoms with Crippen molar-refractivity contribution in [2.24, 2.45) is 0 Å². The van der Waals surface area contributed by atoms with Crippen molar-refractivity contribution < 1.29 is 26.0 Å². The van der Waals surface area contributed by atoms with Gasteiger partial charge in [-0.15, -0.1) is 0 Å². The number of sulfone groups is 1. The van der Waals surface area contributed by atoms with Crippen LogP contribution in [0.2, 0.25) is 0 Å². The van der Waals surface area contributed by atoms with E-state index in [1.807, 2.05) is 0 Å². The van der Waals surface area contributed by atoms with E-state index < -0.39 is 43.5 Å². The molecule has 5 nitrogen and oxygen atoms in total. The number of rotatable bonds is 3. The normalized spacial score (nSPS) is 11.7. The van der Waals surface area contributed by atoms with E-state index in [0.717, 1.165) is 23.2 Å². The van der Waals surface area contributed by atoms with E-state index in [-0.39, 0.29) is 11.4 Å². The van der Waals surface area contributed by atoms with Crippen LogP contribution in [0.4, 0.5) is 13.2 Å². The third kappa shape index (κ3) is 3.05. The van der Waals surface area contributed by atoms with Crippen LogP contribution in [0.15, 0.2) is 50.7 Å². The van der Waals surface area contributed by atoms with Gasteiger partial charge in [0.05, 0.1) is 11.4 Å². The lowest BCUT2D eigenvalue weighted by Gasteiger charge is -2.10. The molecule has 136 valence electrons. The average molecular weight is 383 g/mol. The molecule has 2 aromatic carbocycles. The van der Waals surface area contributed by atoms with Crippen LogP contribution in [0.3, 0.4) is 0 Å². The molecule has 0 aliphatic rings. The maximum atomic E-state index is 14.4. The zero-order valence-corrected chi connectivity index (χ0v) is 14.4. The Morgan fingerprint density at radius 1 is 1.00 bits per heavy atom. The zero-order chi connectivity index (χ0) is 19.2. The van der Waals surface area contributed by atoms with Crippen molar-refractivity contribution in [3.63, 3.8) is 0 Å². The van der Waals surface area contributed by atoms with E-state index in [0.29, 0.717) is 17.7 Å². The largest absolute Gasteiger partial charge is 0.424 e. The van der Waals surface area contributed by atoms with Gasteiger partial charge in [0.1, 0.15) is 28.6 Å². The second kappa shape index (κ2) is 6.17. The summed E-state index contributed by atoms with van der Waals surface area (Å²) in [4.78, 5) is 11.2. The van der Waals surface area contributed by atoms with Gasteiger partial charge in [-0.2, -0.15) is 0 Å². The zero-order valence-electron chi connectivity index (χ0n) is 13.6. The minimum Gasteiger partial charge on any atom is -0.415 e. The standard InChI is InChI=1S/C17H12F3NO4S/c1-9-3-4-10(5-12(9)18)21-15(8-25-17(21)22)11-6-14(20)16(7-13(11)19)26(2,23)24/h3-8H,1-2H3. The van der Waals surface area contributed by atoms with Crippen molar-refractivity contribution in [2.45, 2.75) is 11.8 Å². The van der Waals surface area contributed by atoms with E-state index in [1.165, 1.54) is 19.1 Å². The summed E-state index contributed by atoms with van der Waals surface area (Å²) < 4.78 is 71.0. The van der Waals surface area contributed by atoms with Gasteiger partial charge in [-0.25, -0.2) is 31.0 Å². The molecule has 0 radical (unpaired) electrons.